The van der Waals surface area contributed by atoms with Crippen LogP contribution in [-0.4, -0.2) is 43.0 Å². The molecule has 1 aromatic carbocycles. The van der Waals surface area contributed by atoms with E-state index in [4.69, 9.17) is 4.74 Å². The highest BCUT2D eigenvalue weighted by atomic mass is 32.2. The van der Waals surface area contributed by atoms with Crippen LogP contribution >= 0.6 is 0 Å². The second-order valence-electron chi connectivity index (χ2n) is 6.79. The van der Waals surface area contributed by atoms with Crippen molar-refractivity contribution >= 4 is 27.2 Å². The second-order valence-corrected chi connectivity index (χ2v) is 9.02. The number of para-hydroxylation sites is 2. The number of pyridine rings is 1. The van der Waals surface area contributed by atoms with Crippen LogP contribution < -0.4 is 15.4 Å². The minimum Gasteiger partial charge on any atom is -0.489 e. The number of sulfone groups is 1. The second kappa shape index (κ2) is 7.96. The Morgan fingerprint density at radius 3 is 2.63 bits per heavy atom. The quantitative estimate of drug-likeness (QED) is 0.788. The topological polar surface area (TPSA) is 97.4 Å². The van der Waals surface area contributed by atoms with Gasteiger partial charge in [0.1, 0.15) is 11.6 Å². The third-order valence-corrected chi connectivity index (χ3v) is 5.87. The average Bonchev–Trinajstić information content (AvgIpc) is 2.95. The molecule has 0 aliphatic carbocycles. The van der Waals surface area contributed by atoms with Gasteiger partial charge >= 0.3 is 0 Å². The molecule has 1 atom stereocenters. The number of anilines is 2. The molecule has 2 heterocycles. The monoisotopic (exact) mass is 389 g/mol. The van der Waals surface area contributed by atoms with E-state index in [1.54, 1.807) is 12.1 Å². The number of hydrogen-bond acceptors (Lipinski definition) is 6. The molecule has 0 bridgehead atoms. The molecule has 1 unspecified atom stereocenters. The van der Waals surface area contributed by atoms with Crippen molar-refractivity contribution in [2.24, 2.45) is 0 Å². The van der Waals surface area contributed by atoms with Crippen molar-refractivity contribution in [2.45, 2.75) is 32.4 Å². The van der Waals surface area contributed by atoms with E-state index >= 15 is 0 Å². The van der Waals surface area contributed by atoms with Gasteiger partial charge in [0.25, 0.3) is 5.91 Å². The van der Waals surface area contributed by atoms with Crippen LogP contribution in [0.3, 0.4) is 0 Å². The van der Waals surface area contributed by atoms with Crippen molar-refractivity contribution in [3.8, 4) is 5.75 Å². The van der Waals surface area contributed by atoms with Gasteiger partial charge < -0.3 is 15.4 Å². The summed E-state index contributed by atoms with van der Waals surface area (Å²) in [5.41, 5.74) is 1.17. The summed E-state index contributed by atoms with van der Waals surface area (Å²) in [6.07, 6.45) is 1.97. The maximum absolute atomic E-state index is 12.3. The molecule has 1 aliphatic heterocycles. The zero-order chi connectivity index (χ0) is 19.4. The largest absolute Gasteiger partial charge is 0.489 e. The lowest BCUT2D eigenvalue weighted by atomic mass is 10.2. The highest BCUT2D eigenvalue weighted by Gasteiger charge is 2.29. The number of carbonyl (C=O) groups excluding carboxylic acids is 1. The van der Waals surface area contributed by atoms with E-state index in [9.17, 15) is 13.2 Å². The van der Waals surface area contributed by atoms with Gasteiger partial charge in [-0.3, -0.25) is 4.79 Å². The lowest BCUT2D eigenvalue weighted by Crippen LogP contribution is -2.35. The number of aromatic nitrogens is 1. The van der Waals surface area contributed by atoms with Gasteiger partial charge in [-0.05, 0) is 44.5 Å². The SMILES string of the molecule is CC(C)Oc1ccccc1Nc1ccc(C(=O)NC2CCS(=O)(=O)C2)cn1. The Morgan fingerprint density at radius 1 is 1.22 bits per heavy atom. The van der Waals surface area contributed by atoms with Gasteiger partial charge in [0.2, 0.25) is 0 Å². The molecule has 27 heavy (non-hydrogen) atoms. The van der Waals surface area contributed by atoms with Crippen LogP contribution in [-0.2, 0) is 9.84 Å². The zero-order valence-electron chi connectivity index (χ0n) is 15.3. The van der Waals surface area contributed by atoms with Crippen LogP contribution in [0.5, 0.6) is 5.75 Å². The number of rotatable bonds is 6. The Hall–Kier alpha value is -2.61. The molecule has 1 saturated heterocycles. The van der Waals surface area contributed by atoms with Crippen molar-refractivity contribution < 1.29 is 17.9 Å². The first-order chi connectivity index (χ1) is 12.8. The standard InChI is InChI=1S/C19H23N3O4S/c1-13(2)26-17-6-4-3-5-16(17)22-18-8-7-14(11-20-18)19(23)21-15-9-10-27(24,25)12-15/h3-8,11,13,15H,9-10,12H2,1-2H3,(H,20,22)(H,21,23). The molecule has 1 aliphatic rings. The Kier molecular flexibility index (Phi) is 5.65. The lowest BCUT2D eigenvalue weighted by molar-refractivity contribution is 0.0941. The first kappa shape index (κ1) is 19.2. The molecule has 0 spiro atoms. The summed E-state index contributed by atoms with van der Waals surface area (Å²) >= 11 is 0. The zero-order valence-corrected chi connectivity index (χ0v) is 16.1. The number of ether oxygens (including phenoxy) is 1. The first-order valence-electron chi connectivity index (χ1n) is 8.82. The van der Waals surface area contributed by atoms with Crippen LogP contribution in [0, 0.1) is 0 Å². The van der Waals surface area contributed by atoms with Crippen molar-refractivity contribution in [1.82, 2.24) is 10.3 Å². The molecule has 3 rings (SSSR count). The molecule has 0 radical (unpaired) electrons. The van der Waals surface area contributed by atoms with E-state index in [0.29, 0.717) is 17.8 Å². The molecule has 1 amide bonds. The number of benzene rings is 1. The summed E-state index contributed by atoms with van der Waals surface area (Å²) in [6.45, 7) is 3.91. The molecular weight excluding hydrogens is 366 g/mol. The van der Waals surface area contributed by atoms with Crippen LogP contribution in [0.1, 0.15) is 30.6 Å². The highest BCUT2D eigenvalue weighted by Crippen LogP contribution is 2.27. The Balaban J connectivity index is 1.65. The van der Waals surface area contributed by atoms with Crippen LogP contribution in [0.25, 0.3) is 0 Å². The van der Waals surface area contributed by atoms with Crippen molar-refractivity contribution in [3.63, 3.8) is 0 Å². The molecule has 7 nitrogen and oxygen atoms in total. The summed E-state index contributed by atoms with van der Waals surface area (Å²) in [4.78, 5) is 16.5. The van der Waals surface area contributed by atoms with Gasteiger partial charge in [0.05, 0.1) is 28.9 Å². The highest BCUT2D eigenvalue weighted by molar-refractivity contribution is 7.91. The predicted octanol–water partition coefficient (Wildman–Crippen LogP) is 2.53. The first-order valence-corrected chi connectivity index (χ1v) is 10.6. The van der Waals surface area contributed by atoms with Crippen LogP contribution in [0.4, 0.5) is 11.5 Å². The van der Waals surface area contributed by atoms with E-state index in [1.165, 1.54) is 6.20 Å². The maximum Gasteiger partial charge on any atom is 0.253 e. The summed E-state index contributed by atoms with van der Waals surface area (Å²) in [7, 11) is -3.03. The van der Waals surface area contributed by atoms with Gasteiger partial charge in [-0.15, -0.1) is 0 Å². The summed E-state index contributed by atoms with van der Waals surface area (Å²) in [6, 6.07) is 10.6. The Morgan fingerprint density at radius 2 is 2.00 bits per heavy atom. The molecule has 144 valence electrons. The third kappa shape index (κ3) is 5.19. The van der Waals surface area contributed by atoms with E-state index in [2.05, 4.69) is 15.6 Å². The fourth-order valence-corrected chi connectivity index (χ4v) is 4.52. The molecule has 0 saturated carbocycles. The van der Waals surface area contributed by atoms with E-state index in [1.807, 2.05) is 38.1 Å². The number of nitrogens with one attached hydrogen (secondary N) is 2. The number of amides is 1. The molecular formula is C19H23N3O4S. The number of hydrogen-bond donors (Lipinski definition) is 2. The minimum absolute atomic E-state index is 0.00154. The molecule has 8 heteroatoms. The van der Waals surface area contributed by atoms with Gasteiger partial charge in [-0.2, -0.15) is 0 Å². The van der Waals surface area contributed by atoms with Gasteiger partial charge in [0.15, 0.2) is 9.84 Å². The van der Waals surface area contributed by atoms with Crippen molar-refractivity contribution in [3.05, 3.63) is 48.2 Å². The summed E-state index contributed by atoms with van der Waals surface area (Å²) in [5.74, 6) is 1.10. The predicted molar refractivity (Wildman–Crippen MR) is 104 cm³/mol. The third-order valence-electron chi connectivity index (χ3n) is 4.11. The number of nitrogens with zero attached hydrogens (tertiary/aromatic N) is 1. The average molecular weight is 389 g/mol. The molecule has 1 aromatic heterocycles. The molecule has 1 fully saturated rings. The Labute approximate surface area is 159 Å². The normalized spacial score (nSPS) is 18.3. The number of carbonyl (C=O) groups is 1. The van der Waals surface area contributed by atoms with Crippen LogP contribution in [0.2, 0.25) is 0 Å². The van der Waals surface area contributed by atoms with Gasteiger partial charge in [-0.1, -0.05) is 12.1 Å². The molecule has 2 N–H and O–H groups in total. The van der Waals surface area contributed by atoms with Gasteiger partial charge in [0, 0.05) is 12.2 Å². The van der Waals surface area contributed by atoms with Crippen molar-refractivity contribution in [2.75, 3.05) is 16.8 Å². The maximum atomic E-state index is 12.3. The molecule has 2 aromatic rings. The van der Waals surface area contributed by atoms with E-state index in [-0.39, 0.29) is 29.6 Å². The summed E-state index contributed by atoms with van der Waals surface area (Å²) in [5, 5.41) is 5.93. The fourth-order valence-electron chi connectivity index (χ4n) is 2.84. The Bertz CT molecular complexity index is 911. The van der Waals surface area contributed by atoms with Crippen molar-refractivity contribution in [1.29, 1.82) is 0 Å². The van der Waals surface area contributed by atoms with E-state index < -0.39 is 9.84 Å². The minimum atomic E-state index is -3.03. The smallest absolute Gasteiger partial charge is 0.253 e. The summed E-state index contributed by atoms with van der Waals surface area (Å²) < 4.78 is 28.7. The van der Waals surface area contributed by atoms with Crippen LogP contribution in [0.15, 0.2) is 42.6 Å². The van der Waals surface area contributed by atoms with E-state index in [0.717, 1.165) is 11.4 Å². The lowest BCUT2D eigenvalue weighted by Gasteiger charge is -2.15. The van der Waals surface area contributed by atoms with Gasteiger partial charge in [-0.25, -0.2) is 13.4 Å². The fraction of sp³-hybridized carbons (Fsp3) is 0.368.